The molecule has 0 spiro atoms. The Kier molecular flexibility index (Phi) is 3.31. The minimum Gasteiger partial charge on any atom is -0.357 e. The lowest BCUT2D eigenvalue weighted by Crippen LogP contribution is -2.52. The van der Waals surface area contributed by atoms with Crippen LogP contribution in [0.1, 0.15) is 20.8 Å². The summed E-state index contributed by atoms with van der Waals surface area (Å²) in [5, 5.41) is 7.90. The molecule has 13 heavy (non-hydrogen) atoms. The fourth-order valence-corrected chi connectivity index (χ4v) is 1.63. The summed E-state index contributed by atoms with van der Waals surface area (Å²) in [6.45, 7) is 9.50. The first-order valence-electron chi connectivity index (χ1n) is 5.06. The molecule has 1 fully saturated rings. The van der Waals surface area contributed by atoms with Crippen LogP contribution in [0.5, 0.6) is 0 Å². The Morgan fingerprint density at radius 1 is 1.38 bits per heavy atom. The lowest BCUT2D eigenvalue weighted by atomic mass is 10.1. The molecule has 1 N–H and O–H groups in total. The molecule has 0 radical (unpaired) electrons. The van der Waals surface area contributed by atoms with Crippen LogP contribution in [0, 0.1) is 11.3 Å². The van der Waals surface area contributed by atoms with Crippen LogP contribution in [0.2, 0.25) is 0 Å². The second-order valence-corrected chi connectivity index (χ2v) is 4.32. The van der Waals surface area contributed by atoms with Crippen LogP contribution < -0.4 is 0 Å². The van der Waals surface area contributed by atoms with Crippen molar-refractivity contribution < 1.29 is 0 Å². The zero-order valence-corrected chi connectivity index (χ0v) is 9.17. The van der Waals surface area contributed by atoms with Gasteiger partial charge in [-0.15, -0.1) is 0 Å². The van der Waals surface area contributed by atoms with Crippen molar-refractivity contribution in [3.63, 3.8) is 0 Å². The predicted molar refractivity (Wildman–Crippen MR) is 56.2 cm³/mol. The Labute approximate surface area is 81.2 Å². The molecule has 0 aromatic rings. The van der Waals surface area contributed by atoms with Gasteiger partial charge in [-0.3, -0.25) is 5.41 Å². The quantitative estimate of drug-likeness (QED) is 0.490. The zero-order chi connectivity index (χ0) is 10.0. The highest BCUT2D eigenvalue weighted by molar-refractivity contribution is 5.81. The number of hydrogen-bond acceptors (Lipinski definition) is 2. The molecular formula is C10H21N3. The molecule has 0 aromatic heterocycles. The molecule has 1 heterocycles. The second kappa shape index (κ2) is 4.09. The van der Waals surface area contributed by atoms with Gasteiger partial charge >= 0.3 is 0 Å². The molecule has 0 aromatic carbocycles. The first-order chi connectivity index (χ1) is 6.02. The van der Waals surface area contributed by atoms with Gasteiger partial charge in [0.25, 0.3) is 0 Å². The van der Waals surface area contributed by atoms with Gasteiger partial charge in [-0.2, -0.15) is 0 Å². The van der Waals surface area contributed by atoms with Gasteiger partial charge in [-0.1, -0.05) is 13.8 Å². The highest BCUT2D eigenvalue weighted by Crippen LogP contribution is 2.10. The average Bonchev–Trinajstić information content (AvgIpc) is 2.08. The maximum Gasteiger partial charge on any atom is 0.0984 e. The first kappa shape index (κ1) is 10.5. The molecule has 1 aliphatic heterocycles. The van der Waals surface area contributed by atoms with Crippen LogP contribution in [-0.4, -0.2) is 48.4 Å². The number of nitrogens with zero attached hydrogens (tertiary/aromatic N) is 2. The summed E-state index contributed by atoms with van der Waals surface area (Å²) >= 11 is 0. The fraction of sp³-hybridized carbons (Fsp3) is 0.900. The second-order valence-electron chi connectivity index (χ2n) is 4.32. The largest absolute Gasteiger partial charge is 0.357 e. The number of amidine groups is 1. The first-order valence-corrected chi connectivity index (χ1v) is 5.06. The normalized spacial score (nSPS) is 25.3. The van der Waals surface area contributed by atoms with Crippen LogP contribution in [-0.2, 0) is 0 Å². The van der Waals surface area contributed by atoms with Gasteiger partial charge in [-0.05, 0) is 14.0 Å². The summed E-state index contributed by atoms with van der Waals surface area (Å²) in [6.07, 6.45) is 0. The van der Waals surface area contributed by atoms with E-state index in [2.05, 4.69) is 37.6 Å². The van der Waals surface area contributed by atoms with Crippen LogP contribution in [0.25, 0.3) is 0 Å². The van der Waals surface area contributed by atoms with Gasteiger partial charge in [0, 0.05) is 31.6 Å². The molecule has 1 rings (SSSR count). The van der Waals surface area contributed by atoms with Crippen molar-refractivity contribution in [3.05, 3.63) is 0 Å². The number of likely N-dealkylation sites (N-methyl/N-ethyl adjacent to an activating group) is 1. The van der Waals surface area contributed by atoms with Crippen molar-refractivity contribution >= 4 is 5.84 Å². The maximum atomic E-state index is 7.90. The smallest absolute Gasteiger partial charge is 0.0984 e. The molecule has 0 amide bonds. The molecule has 0 bridgehead atoms. The van der Waals surface area contributed by atoms with Gasteiger partial charge < -0.3 is 9.80 Å². The summed E-state index contributed by atoms with van der Waals surface area (Å²) < 4.78 is 0. The summed E-state index contributed by atoms with van der Waals surface area (Å²) in [6, 6.07) is 0.577. The standard InChI is InChI=1S/C10H21N3/c1-8(2)10(11)13-6-5-12(4)9(3)7-13/h8-9,11H,5-7H2,1-4H3. The highest BCUT2D eigenvalue weighted by atomic mass is 15.3. The van der Waals surface area contributed by atoms with E-state index in [-0.39, 0.29) is 0 Å². The van der Waals surface area contributed by atoms with Crippen molar-refractivity contribution in [1.82, 2.24) is 9.80 Å². The molecule has 0 saturated carbocycles. The van der Waals surface area contributed by atoms with Gasteiger partial charge in [0.15, 0.2) is 0 Å². The summed E-state index contributed by atoms with van der Waals surface area (Å²) in [5.41, 5.74) is 0. The molecular weight excluding hydrogens is 162 g/mol. The Morgan fingerprint density at radius 3 is 2.46 bits per heavy atom. The predicted octanol–water partition coefficient (Wildman–Crippen LogP) is 1.26. The van der Waals surface area contributed by atoms with E-state index in [1.807, 2.05) is 0 Å². The van der Waals surface area contributed by atoms with E-state index in [1.54, 1.807) is 0 Å². The molecule has 76 valence electrons. The third-order valence-corrected chi connectivity index (χ3v) is 2.85. The molecule has 1 aliphatic rings. The van der Waals surface area contributed by atoms with E-state index < -0.39 is 0 Å². The lowest BCUT2D eigenvalue weighted by molar-refractivity contribution is 0.149. The van der Waals surface area contributed by atoms with Crippen LogP contribution in [0.3, 0.4) is 0 Å². The van der Waals surface area contributed by atoms with E-state index >= 15 is 0 Å². The average molecular weight is 183 g/mol. The number of piperazine rings is 1. The number of hydrogen-bond donors (Lipinski definition) is 1. The Morgan fingerprint density at radius 2 is 2.00 bits per heavy atom. The van der Waals surface area contributed by atoms with Crippen LogP contribution in [0.4, 0.5) is 0 Å². The molecule has 1 atom stereocenters. The van der Waals surface area contributed by atoms with Gasteiger partial charge in [0.05, 0.1) is 5.84 Å². The zero-order valence-electron chi connectivity index (χ0n) is 9.17. The van der Waals surface area contributed by atoms with Gasteiger partial charge in [0.1, 0.15) is 0 Å². The SMILES string of the molecule is CC(C)C(=N)N1CCN(C)C(C)C1. The van der Waals surface area contributed by atoms with E-state index in [0.717, 1.165) is 25.5 Å². The molecule has 1 unspecified atom stereocenters. The van der Waals surface area contributed by atoms with Gasteiger partial charge in [0.2, 0.25) is 0 Å². The Hall–Kier alpha value is -0.570. The van der Waals surface area contributed by atoms with Crippen molar-refractivity contribution in [2.75, 3.05) is 26.7 Å². The third kappa shape index (κ3) is 2.44. The van der Waals surface area contributed by atoms with E-state index in [1.165, 1.54) is 0 Å². The molecule has 0 aliphatic carbocycles. The summed E-state index contributed by atoms with van der Waals surface area (Å²) in [4.78, 5) is 4.56. The minimum absolute atomic E-state index is 0.357. The topological polar surface area (TPSA) is 30.3 Å². The molecule has 1 saturated heterocycles. The van der Waals surface area contributed by atoms with Crippen molar-refractivity contribution in [2.24, 2.45) is 5.92 Å². The van der Waals surface area contributed by atoms with Crippen molar-refractivity contribution in [2.45, 2.75) is 26.8 Å². The van der Waals surface area contributed by atoms with E-state index in [9.17, 15) is 0 Å². The monoisotopic (exact) mass is 183 g/mol. The lowest BCUT2D eigenvalue weighted by Gasteiger charge is -2.39. The molecule has 3 heteroatoms. The number of nitrogens with one attached hydrogen (secondary N) is 1. The Bertz CT molecular complexity index is 189. The third-order valence-electron chi connectivity index (χ3n) is 2.85. The van der Waals surface area contributed by atoms with E-state index in [4.69, 9.17) is 5.41 Å². The fourth-order valence-electron chi connectivity index (χ4n) is 1.63. The number of rotatable bonds is 1. The molecule has 3 nitrogen and oxygen atoms in total. The van der Waals surface area contributed by atoms with Crippen LogP contribution in [0.15, 0.2) is 0 Å². The minimum atomic E-state index is 0.357. The Balaban J connectivity index is 2.50. The summed E-state index contributed by atoms with van der Waals surface area (Å²) in [5.74, 6) is 1.15. The van der Waals surface area contributed by atoms with E-state index in [0.29, 0.717) is 12.0 Å². The highest BCUT2D eigenvalue weighted by Gasteiger charge is 2.23. The van der Waals surface area contributed by atoms with Crippen molar-refractivity contribution in [1.29, 1.82) is 5.41 Å². The van der Waals surface area contributed by atoms with Crippen LogP contribution >= 0.6 is 0 Å². The van der Waals surface area contributed by atoms with Gasteiger partial charge in [-0.25, -0.2) is 0 Å². The maximum absolute atomic E-state index is 7.90. The summed E-state index contributed by atoms with van der Waals surface area (Å²) in [7, 11) is 2.15. The van der Waals surface area contributed by atoms with Crippen molar-refractivity contribution in [3.8, 4) is 0 Å².